The number of halogens is 1. The van der Waals surface area contributed by atoms with E-state index < -0.39 is 0 Å². The van der Waals surface area contributed by atoms with Crippen molar-refractivity contribution < 1.29 is 9.80 Å². The molecule has 3 fully saturated rings. The summed E-state index contributed by atoms with van der Waals surface area (Å²) in [5.41, 5.74) is 3.53. The maximum Gasteiger partial charge on any atom is 0.225 e. The molecule has 4 nitrogen and oxygen atoms in total. The van der Waals surface area contributed by atoms with Gasteiger partial charge in [-0.15, -0.1) is 17.0 Å². The zero-order chi connectivity index (χ0) is 13.4. The van der Waals surface area contributed by atoms with E-state index in [1.54, 1.807) is 0 Å². The van der Waals surface area contributed by atoms with Crippen LogP contribution in [0.5, 0.6) is 0 Å². The predicted octanol–water partition coefficient (Wildman–Crippen LogP) is 0.739. The first-order chi connectivity index (χ1) is 9.11. The monoisotopic (exact) mass is 322 g/mol. The number of amides is 1. The highest BCUT2D eigenvalue weighted by molar-refractivity contribution is 8.17. The lowest BCUT2D eigenvalue weighted by Crippen LogP contribution is -3.18. The van der Waals surface area contributed by atoms with Crippen molar-refractivity contribution in [3.8, 4) is 0 Å². The van der Waals surface area contributed by atoms with E-state index in [1.807, 2.05) is 23.5 Å². The Morgan fingerprint density at radius 3 is 2.74 bits per heavy atom. The summed E-state index contributed by atoms with van der Waals surface area (Å²) in [5, 5.41) is 5.52. The summed E-state index contributed by atoms with van der Waals surface area (Å²) in [7, 11) is 0. The second-order valence-corrected chi connectivity index (χ2v) is 9.30. The van der Waals surface area contributed by atoms with Gasteiger partial charge in [0.05, 0.1) is 5.25 Å². The second-order valence-electron chi connectivity index (χ2n) is 5.63. The molecular weight excluding hydrogens is 302 g/mol. The van der Waals surface area contributed by atoms with Crippen LogP contribution in [0.15, 0.2) is 0 Å². The summed E-state index contributed by atoms with van der Waals surface area (Å²) in [6, 6.07) is 0. The highest BCUT2D eigenvalue weighted by Gasteiger charge is 2.45. The first-order valence-corrected chi connectivity index (χ1v) is 9.31. The van der Waals surface area contributed by atoms with Crippen LogP contribution in [-0.2, 0) is 4.79 Å². The third-order valence-corrected chi connectivity index (χ3v) is 7.33. The van der Waals surface area contributed by atoms with Gasteiger partial charge >= 0.3 is 0 Å². The molecule has 7 heteroatoms. The summed E-state index contributed by atoms with van der Waals surface area (Å²) >= 11 is 9.91. The minimum Gasteiger partial charge on any atom is -0.327 e. The minimum absolute atomic E-state index is 0.0706. The molecule has 0 aromatic rings. The number of rotatable bonds is 2. The Balaban J connectivity index is 1.46. The van der Waals surface area contributed by atoms with Crippen molar-refractivity contribution in [1.82, 2.24) is 10.7 Å². The van der Waals surface area contributed by atoms with E-state index in [0.29, 0.717) is 9.96 Å². The molecule has 0 aromatic carbocycles. The Labute approximate surface area is 127 Å². The number of quaternary nitrogens is 1. The molecule has 2 heterocycles. The van der Waals surface area contributed by atoms with Gasteiger partial charge in [-0.05, 0) is 44.4 Å². The lowest BCUT2D eigenvalue weighted by molar-refractivity contribution is -0.932. The molecule has 0 radical (unpaired) electrons. The van der Waals surface area contributed by atoms with E-state index in [4.69, 9.17) is 11.6 Å². The van der Waals surface area contributed by atoms with Crippen molar-refractivity contribution in [3.63, 3.8) is 0 Å². The number of fused-ring (bicyclic) bond motifs is 1. The van der Waals surface area contributed by atoms with Crippen molar-refractivity contribution in [1.29, 1.82) is 0 Å². The fourth-order valence-corrected chi connectivity index (χ4v) is 6.36. The third-order valence-electron chi connectivity index (χ3n) is 4.02. The molecule has 4 atom stereocenters. The molecule has 3 rings (SSSR count). The summed E-state index contributed by atoms with van der Waals surface area (Å²) < 4.78 is 0.527. The second kappa shape index (κ2) is 6.02. The number of carbonyl (C=O) groups is 1. The van der Waals surface area contributed by atoms with E-state index in [1.165, 1.54) is 5.01 Å². The summed E-state index contributed by atoms with van der Waals surface area (Å²) in [6.07, 6.45) is 3.81. The largest absolute Gasteiger partial charge is 0.327 e. The molecule has 4 unspecified atom stereocenters. The van der Waals surface area contributed by atoms with Gasteiger partial charge in [0.25, 0.3) is 0 Å². The normalized spacial score (nSPS) is 46.0. The average Bonchev–Trinajstić information content (AvgIpc) is 2.86. The van der Waals surface area contributed by atoms with Crippen LogP contribution < -0.4 is 15.8 Å². The molecule has 1 saturated carbocycles. The van der Waals surface area contributed by atoms with Crippen molar-refractivity contribution in [2.75, 3.05) is 6.54 Å². The number of alkyl halides is 1. The van der Waals surface area contributed by atoms with E-state index in [2.05, 4.69) is 17.7 Å². The number of carbonyl (C=O) groups excluding carboxylic acids is 1. The van der Waals surface area contributed by atoms with Gasteiger partial charge in [-0.1, -0.05) is 11.8 Å². The highest BCUT2D eigenvalue weighted by atomic mass is 35.5. The number of hydrogen-bond acceptors (Lipinski definition) is 4. The van der Waals surface area contributed by atoms with Crippen LogP contribution in [0.2, 0.25) is 0 Å². The first-order valence-electron chi connectivity index (χ1n) is 6.99. The maximum absolute atomic E-state index is 12.2. The van der Waals surface area contributed by atoms with Gasteiger partial charge in [-0.25, -0.2) is 5.01 Å². The number of thioether (sulfide) groups is 2. The maximum atomic E-state index is 12.2. The minimum atomic E-state index is 0.0706. The van der Waals surface area contributed by atoms with Crippen molar-refractivity contribution >= 4 is 41.0 Å². The van der Waals surface area contributed by atoms with Crippen LogP contribution in [0.25, 0.3) is 0 Å². The lowest BCUT2D eigenvalue weighted by atomic mass is 9.88. The van der Waals surface area contributed by atoms with E-state index in [-0.39, 0.29) is 22.7 Å². The van der Waals surface area contributed by atoms with E-state index in [0.717, 1.165) is 32.2 Å². The zero-order valence-corrected chi connectivity index (χ0v) is 13.4. The molecular formula is C12H21ClN3OS2+. The predicted molar refractivity (Wildman–Crippen MR) is 80.9 cm³/mol. The Morgan fingerprint density at radius 1 is 1.32 bits per heavy atom. The molecule has 0 spiro atoms. The molecule has 3 aliphatic rings. The van der Waals surface area contributed by atoms with Crippen LogP contribution in [0.4, 0.5) is 0 Å². The number of nitrogens with one attached hydrogen (secondary N) is 3. The molecule has 0 bridgehead atoms. The van der Waals surface area contributed by atoms with Gasteiger partial charge in [0.1, 0.15) is 6.54 Å². The lowest BCUT2D eigenvalue weighted by Gasteiger charge is -2.25. The molecule has 108 valence electrons. The van der Waals surface area contributed by atoms with Gasteiger partial charge in [-0.2, -0.15) is 0 Å². The molecule has 1 amide bonds. The quantitative estimate of drug-likeness (QED) is 0.656. The fourth-order valence-electron chi connectivity index (χ4n) is 2.95. The van der Waals surface area contributed by atoms with Gasteiger partial charge in [0, 0.05) is 11.3 Å². The zero-order valence-electron chi connectivity index (χ0n) is 11.0. The smallest absolute Gasteiger partial charge is 0.225 e. The Bertz CT molecular complexity index is 338. The Hall–Kier alpha value is 0.380. The van der Waals surface area contributed by atoms with Gasteiger partial charge in [0.15, 0.2) is 5.50 Å². The molecule has 2 saturated heterocycles. The summed E-state index contributed by atoms with van der Waals surface area (Å²) in [6.45, 7) is 3.39. The fraction of sp³-hybridized carbons (Fsp3) is 0.917. The molecule has 0 aromatic heterocycles. The standard InChI is InChI=1S/C12H20ClN3OS2/c1-7-6-16-12(18-7)19-11(15-16)14-10(17)8-2-4-9(13)5-3-8/h7-9,11-12,15H,2-6H2,1H3,(H,14,17)/p+1. The topological polar surface area (TPSA) is 45.6 Å². The van der Waals surface area contributed by atoms with Crippen LogP contribution >= 0.6 is 35.1 Å². The SMILES string of the molecule is CC1C[NH+]2NC(NC(=O)C3CCC(Cl)CC3)SC2S1. The Kier molecular flexibility index (Phi) is 4.53. The van der Waals surface area contributed by atoms with Crippen LogP contribution in [0, 0.1) is 5.92 Å². The van der Waals surface area contributed by atoms with E-state index >= 15 is 0 Å². The highest BCUT2D eigenvalue weighted by Crippen LogP contribution is 2.32. The first kappa shape index (κ1) is 14.3. The molecule has 1 aliphatic carbocycles. The molecule has 2 aliphatic heterocycles. The number of hydrogen-bond donors (Lipinski definition) is 3. The van der Waals surface area contributed by atoms with Crippen molar-refractivity contribution in [3.05, 3.63) is 0 Å². The average molecular weight is 323 g/mol. The van der Waals surface area contributed by atoms with Crippen molar-refractivity contribution in [2.45, 2.75) is 53.4 Å². The summed E-state index contributed by atoms with van der Waals surface area (Å²) in [5.74, 6) is 0.363. The van der Waals surface area contributed by atoms with E-state index in [9.17, 15) is 4.79 Å². The van der Waals surface area contributed by atoms with Crippen LogP contribution in [0.1, 0.15) is 32.6 Å². The molecule has 3 N–H and O–H groups in total. The van der Waals surface area contributed by atoms with Gasteiger partial charge in [-0.3, -0.25) is 4.79 Å². The third kappa shape index (κ3) is 3.35. The van der Waals surface area contributed by atoms with Gasteiger partial charge in [0.2, 0.25) is 10.6 Å². The molecule has 19 heavy (non-hydrogen) atoms. The van der Waals surface area contributed by atoms with Crippen molar-refractivity contribution in [2.24, 2.45) is 5.92 Å². The summed E-state index contributed by atoms with van der Waals surface area (Å²) in [4.78, 5) is 12.2. The van der Waals surface area contributed by atoms with Gasteiger partial charge < -0.3 is 5.32 Å². The van der Waals surface area contributed by atoms with Crippen LogP contribution in [-0.4, -0.2) is 33.3 Å². The van der Waals surface area contributed by atoms with Crippen LogP contribution in [0.3, 0.4) is 0 Å². The Morgan fingerprint density at radius 2 is 2.05 bits per heavy atom.